The van der Waals surface area contributed by atoms with Crippen molar-refractivity contribution in [2.75, 3.05) is 27.4 Å². The number of benzene rings is 2. The molecule has 0 aliphatic rings. The predicted molar refractivity (Wildman–Crippen MR) is 106 cm³/mol. The zero-order valence-electron chi connectivity index (χ0n) is 15.7. The van der Waals surface area contributed by atoms with Crippen molar-refractivity contribution in [2.24, 2.45) is 0 Å². The summed E-state index contributed by atoms with van der Waals surface area (Å²) in [5, 5.41) is 2.50. The van der Waals surface area contributed by atoms with Gasteiger partial charge in [-0.25, -0.2) is 4.98 Å². The maximum Gasteiger partial charge on any atom is 0 e. The SMILES string of the molecule is CN(C)Cc1cccc2cc3cccc(C[PH+](C)C)c3nc12.[C-]#[O+].[RuH+].[Y]. The minimum absolute atomic E-state index is 0. The van der Waals surface area contributed by atoms with Gasteiger partial charge in [0.1, 0.15) is 0 Å². The Hall–Kier alpha value is -0.0327. The number of para-hydroxylation sites is 2. The predicted octanol–water partition coefficient (Wildman–Crippen LogP) is 4.11. The molecule has 0 aliphatic heterocycles. The number of hydrogen-bond donors (Lipinski definition) is 0. The first-order valence-corrected chi connectivity index (χ1v) is 10.7. The van der Waals surface area contributed by atoms with Gasteiger partial charge >= 0.3 is 30.8 Å². The molecule has 0 N–H and O–H groups in total. The summed E-state index contributed by atoms with van der Waals surface area (Å²) in [6, 6.07) is 15.4. The fraction of sp³-hybridized carbons (Fsp3) is 0.300. The second kappa shape index (κ2) is 12.4. The number of nitrogens with zero attached hydrogens (tertiary/aromatic N) is 2. The van der Waals surface area contributed by atoms with Crippen LogP contribution in [0.1, 0.15) is 11.1 Å². The van der Waals surface area contributed by atoms with Gasteiger partial charge in [-0.15, -0.1) is 0 Å². The van der Waals surface area contributed by atoms with E-state index < -0.39 is 0 Å². The second-order valence-corrected chi connectivity index (χ2v) is 9.36. The van der Waals surface area contributed by atoms with Gasteiger partial charge in [0.05, 0.1) is 17.2 Å². The summed E-state index contributed by atoms with van der Waals surface area (Å²) in [6.45, 7) is 10.2. The monoisotopic (exact) mass is 531 g/mol. The van der Waals surface area contributed by atoms with Gasteiger partial charge in [-0.05, 0) is 33.6 Å². The van der Waals surface area contributed by atoms with Crippen LogP contribution in [0.3, 0.4) is 0 Å². The summed E-state index contributed by atoms with van der Waals surface area (Å²) in [5.74, 6) is 0. The van der Waals surface area contributed by atoms with Gasteiger partial charge in [-0.2, -0.15) is 0 Å². The number of pyridine rings is 1. The van der Waals surface area contributed by atoms with Gasteiger partial charge in [0.15, 0.2) is 0 Å². The summed E-state index contributed by atoms with van der Waals surface area (Å²) < 4.78 is 7.50. The molecule has 0 amide bonds. The maximum absolute atomic E-state index is 7.50. The number of rotatable bonds is 4. The molecular weight excluding hydrogens is 505 g/mol. The molecule has 0 aliphatic carbocycles. The number of fused-ring (bicyclic) bond motifs is 2. The standard InChI is InChI=1S/C19H23N2P.CO.Ru.Y.H/c1-21(2)12-16-9-5-7-14-11-15-8-6-10-17(13-22(3)4)19(15)20-18(14)16;1-2;;;/h5-11H,12-13H2,1-4H3;;;;/q;;+1;;/p+1. The Kier molecular flexibility index (Phi) is 12.4. The van der Waals surface area contributed by atoms with Crippen molar-refractivity contribution in [3.05, 3.63) is 60.2 Å². The molecule has 2 radical (unpaired) electrons. The quantitative estimate of drug-likeness (QED) is 0.167. The summed E-state index contributed by atoms with van der Waals surface area (Å²) in [4.78, 5) is 7.27. The van der Waals surface area contributed by atoms with Crippen LogP contribution >= 0.6 is 7.92 Å². The van der Waals surface area contributed by atoms with Gasteiger partial charge in [0.2, 0.25) is 0 Å². The summed E-state index contributed by atoms with van der Waals surface area (Å²) in [6.07, 6.45) is 1.18. The average Bonchev–Trinajstić information content (AvgIpc) is 2.55. The first-order chi connectivity index (χ1) is 11.5. The Morgan fingerprint density at radius 2 is 1.46 bits per heavy atom. The minimum Gasteiger partial charge on any atom is 0 e. The summed E-state index contributed by atoms with van der Waals surface area (Å²) >= 11 is 0. The minimum atomic E-state index is -0.307. The van der Waals surface area contributed by atoms with Gasteiger partial charge in [0.25, 0.3) is 0 Å². The van der Waals surface area contributed by atoms with Crippen LogP contribution in [-0.4, -0.2) is 37.3 Å². The Labute approximate surface area is 195 Å². The van der Waals surface area contributed by atoms with E-state index in [-0.39, 0.29) is 60.1 Å². The second-order valence-electron chi connectivity index (χ2n) is 6.59. The first kappa shape index (κ1) is 26.0. The smallest absolute Gasteiger partial charge is 0 e. The normalized spacial score (nSPS) is 10.2. The first-order valence-electron chi connectivity index (χ1n) is 7.99. The molecule has 3 aromatic rings. The van der Waals surface area contributed by atoms with Crippen molar-refractivity contribution in [1.82, 2.24) is 9.88 Å². The molecule has 0 spiro atoms. The Morgan fingerprint density at radius 1 is 0.962 bits per heavy atom. The van der Waals surface area contributed by atoms with Crippen LogP contribution in [0.15, 0.2) is 42.5 Å². The molecule has 1 heterocycles. The van der Waals surface area contributed by atoms with Crippen molar-refractivity contribution in [3.8, 4) is 0 Å². The van der Waals surface area contributed by atoms with Crippen molar-refractivity contribution in [3.63, 3.8) is 0 Å². The largest absolute Gasteiger partial charge is 0 e. The van der Waals surface area contributed by atoms with Crippen LogP contribution in [0, 0.1) is 6.65 Å². The molecule has 3 rings (SSSR count). The van der Waals surface area contributed by atoms with E-state index in [0.29, 0.717) is 0 Å². The van der Waals surface area contributed by atoms with Crippen LogP contribution < -0.4 is 0 Å². The molecule has 0 saturated heterocycles. The topological polar surface area (TPSA) is 36.0 Å². The molecule has 0 unspecified atom stereocenters. The van der Waals surface area contributed by atoms with Gasteiger partial charge in [-0.1, -0.05) is 36.4 Å². The third-order valence-electron chi connectivity index (χ3n) is 3.87. The van der Waals surface area contributed by atoms with E-state index in [1.807, 2.05) is 0 Å². The maximum atomic E-state index is 7.50. The molecule has 0 saturated carbocycles. The zero-order chi connectivity index (χ0) is 17.7. The van der Waals surface area contributed by atoms with Crippen LogP contribution in [0.2, 0.25) is 0 Å². The van der Waals surface area contributed by atoms with Crippen molar-refractivity contribution >= 4 is 29.7 Å². The van der Waals surface area contributed by atoms with Gasteiger partial charge in [0, 0.05) is 68.9 Å². The summed E-state index contributed by atoms with van der Waals surface area (Å²) in [5.41, 5.74) is 5.04. The van der Waals surface area contributed by atoms with Crippen molar-refractivity contribution < 1.29 is 56.8 Å². The third kappa shape index (κ3) is 6.54. The molecule has 3 nitrogen and oxygen atoms in total. The molecule has 26 heavy (non-hydrogen) atoms. The van der Waals surface area contributed by atoms with E-state index in [1.165, 1.54) is 33.6 Å². The molecule has 0 atom stereocenters. The van der Waals surface area contributed by atoms with Crippen LogP contribution in [0.4, 0.5) is 0 Å². The van der Waals surface area contributed by atoms with Gasteiger partial charge < -0.3 is 4.90 Å². The van der Waals surface area contributed by atoms with Crippen LogP contribution in [-0.2, 0) is 69.5 Å². The molecular formula is C20H25N2OPRuY+2. The van der Waals surface area contributed by atoms with E-state index in [1.54, 1.807) is 0 Å². The number of aromatic nitrogens is 1. The average molecular weight is 530 g/mol. The zero-order valence-corrected chi connectivity index (χ0v) is 21.4. The van der Waals surface area contributed by atoms with E-state index in [9.17, 15) is 0 Å². The van der Waals surface area contributed by atoms with E-state index in [2.05, 4.69) is 81.4 Å². The fourth-order valence-electron chi connectivity index (χ4n) is 3.00. The third-order valence-corrected chi connectivity index (χ3v) is 4.95. The Morgan fingerprint density at radius 3 is 1.96 bits per heavy atom. The van der Waals surface area contributed by atoms with E-state index >= 15 is 0 Å². The molecule has 0 bridgehead atoms. The Balaban J connectivity index is 0.00000151. The molecule has 6 heteroatoms. The van der Waals surface area contributed by atoms with Crippen molar-refractivity contribution in [2.45, 2.75) is 12.7 Å². The van der Waals surface area contributed by atoms with E-state index in [0.717, 1.165) is 12.1 Å². The van der Waals surface area contributed by atoms with Crippen molar-refractivity contribution in [1.29, 1.82) is 0 Å². The molecule has 2 aromatic carbocycles. The molecule has 1 aromatic heterocycles. The molecule has 0 fully saturated rings. The number of hydrogen-bond acceptors (Lipinski definition) is 2. The Bertz CT molecular complexity index is 803. The van der Waals surface area contributed by atoms with Crippen LogP contribution in [0.5, 0.6) is 0 Å². The fourth-order valence-corrected chi connectivity index (χ4v) is 4.05. The molecule has 135 valence electrons. The van der Waals surface area contributed by atoms with Crippen LogP contribution in [0.25, 0.3) is 21.8 Å². The van der Waals surface area contributed by atoms with E-state index in [4.69, 9.17) is 9.64 Å². The van der Waals surface area contributed by atoms with Gasteiger partial charge in [-0.3, -0.25) is 0 Å². The summed E-state index contributed by atoms with van der Waals surface area (Å²) in [7, 11) is 3.90.